The van der Waals surface area contributed by atoms with E-state index in [1.54, 1.807) is 10.9 Å². The van der Waals surface area contributed by atoms with E-state index >= 15 is 0 Å². The summed E-state index contributed by atoms with van der Waals surface area (Å²) in [7, 11) is 1.86. The lowest BCUT2D eigenvalue weighted by molar-refractivity contribution is -0.141. The summed E-state index contributed by atoms with van der Waals surface area (Å²) < 4.78 is 1.77. The highest BCUT2D eigenvalue weighted by Gasteiger charge is 2.30. The molecule has 1 aliphatic rings. The van der Waals surface area contributed by atoms with Gasteiger partial charge in [-0.2, -0.15) is 5.10 Å². The standard InChI is InChI=1S/C13H20N4O3/c1-17-11(5-7-15-17)4-6-14-13(20)16-10-3-2-9(8-10)12(18)19/h5,7,9-10H,2-4,6,8H2,1H3,(H,18,19)(H2,14,16,20)/t9-,10+/m1/s1. The molecule has 0 aliphatic heterocycles. The van der Waals surface area contributed by atoms with Crippen molar-refractivity contribution in [2.24, 2.45) is 13.0 Å². The zero-order valence-electron chi connectivity index (χ0n) is 11.5. The van der Waals surface area contributed by atoms with Crippen molar-refractivity contribution in [1.29, 1.82) is 0 Å². The fourth-order valence-corrected chi connectivity index (χ4v) is 2.52. The Kier molecular flexibility index (Phi) is 4.60. The first-order valence-electron chi connectivity index (χ1n) is 6.80. The predicted molar refractivity (Wildman–Crippen MR) is 72.2 cm³/mol. The Hall–Kier alpha value is -2.05. The second-order valence-electron chi connectivity index (χ2n) is 5.14. The number of urea groups is 1. The van der Waals surface area contributed by atoms with E-state index < -0.39 is 5.97 Å². The third-order valence-corrected chi connectivity index (χ3v) is 3.71. The molecule has 2 atom stereocenters. The van der Waals surface area contributed by atoms with E-state index in [1.807, 2.05) is 13.1 Å². The molecular formula is C13H20N4O3. The molecule has 1 fully saturated rings. The number of carbonyl (C=O) groups is 2. The van der Waals surface area contributed by atoms with E-state index in [4.69, 9.17) is 5.11 Å². The molecule has 2 rings (SSSR count). The Morgan fingerprint density at radius 1 is 1.50 bits per heavy atom. The summed E-state index contributed by atoms with van der Waals surface area (Å²) in [5, 5.41) is 18.6. The highest BCUT2D eigenvalue weighted by Crippen LogP contribution is 2.25. The quantitative estimate of drug-likeness (QED) is 0.732. The van der Waals surface area contributed by atoms with Crippen molar-refractivity contribution in [1.82, 2.24) is 20.4 Å². The van der Waals surface area contributed by atoms with Crippen molar-refractivity contribution in [2.45, 2.75) is 31.7 Å². The van der Waals surface area contributed by atoms with Crippen LogP contribution in [0.1, 0.15) is 25.0 Å². The van der Waals surface area contributed by atoms with Crippen molar-refractivity contribution in [3.05, 3.63) is 18.0 Å². The minimum absolute atomic E-state index is 0.0344. The first kappa shape index (κ1) is 14.4. The monoisotopic (exact) mass is 280 g/mol. The molecule has 0 aromatic carbocycles. The lowest BCUT2D eigenvalue weighted by Gasteiger charge is -2.13. The van der Waals surface area contributed by atoms with Crippen molar-refractivity contribution >= 4 is 12.0 Å². The molecule has 20 heavy (non-hydrogen) atoms. The highest BCUT2D eigenvalue weighted by molar-refractivity contribution is 5.75. The van der Waals surface area contributed by atoms with Crippen molar-refractivity contribution < 1.29 is 14.7 Å². The van der Waals surface area contributed by atoms with Crippen LogP contribution in [0.15, 0.2) is 12.3 Å². The van der Waals surface area contributed by atoms with Crippen LogP contribution in [0.3, 0.4) is 0 Å². The van der Waals surface area contributed by atoms with Crippen molar-refractivity contribution in [2.75, 3.05) is 6.54 Å². The smallest absolute Gasteiger partial charge is 0.315 e. The number of rotatable bonds is 5. The van der Waals surface area contributed by atoms with Gasteiger partial charge in [0.05, 0.1) is 5.92 Å². The van der Waals surface area contributed by atoms with Crippen LogP contribution in [0, 0.1) is 5.92 Å². The van der Waals surface area contributed by atoms with Gasteiger partial charge in [0.2, 0.25) is 0 Å². The van der Waals surface area contributed by atoms with Crippen LogP contribution in [0.4, 0.5) is 4.79 Å². The SMILES string of the molecule is Cn1nccc1CCNC(=O)N[C@H]1CC[C@@H](C(=O)O)C1. The van der Waals surface area contributed by atoms with Gasteiger partial charge in [0.25, 0.3) is 0 Å². The average Bonchev–Trinajstić information content (AvgIpc) is 2.99. The molecule has 1 saturated carbocycles. The number of hydrogen-bond donors (Lipinski definition) is 3. The molecular weight excluding hydrogens is 260 g/mol. The number of amides is 2. The third kappa shape index (κ3) is 3.72. The molecule has 0 spiro atoms. The van der Waals surface area contributed by atoms with Crippen molar-refractivity contribution in [3.8, 4) is 0 Å². The summed E-state index contributed by atoms with van der Waals surface area (Å²) in [5.41, 5.74) is 1.05. The molecule has 1 heterocycles. The van der Waals surface area contributed by atoms with Crippen LogP contribution in [-0.2, 0) is 18.3 Å². The summed E-state index contributed by atoms with van der Waals surface area (Å²) in [6.07, 6.45) is 4.32. The number of aliphatic carboxylic acids is 1. The fourth-order valence-electron chi connectivity index (χ4n) is 2.52. The largest absolute Gasteiger partial charge is 0.481 e. The van der Waals surface area contributed by atoms with Gasteiger partial charge in [-0.1, -0.05) is 0 Å². The topological polar surface area (TPSA) is 96.3 Å². The summed E-state index contributed by atoms with van der Waals surface area (Å²) in [5.74, 6) is -1.10. The number of carboxylic acids is 1. The summed E-state index contributed by atoms with van der Waals surface area (Å²) in [4.78, 5) is 22.5. The van der Waals surface area contributed by atoms with E-state index in [-0.39, 0.29) is 18.0 Å². The Balaban J connectivity index is 1.66. The molecule has 110 valence electrons. The molecule has 0 saturated heterocycles. The van der Waals surface area contributed by atoms with Gasteiger partial charge < -0.3 is 15.7 Å². The summed E-state index contributed by atoms with van der Waals surface area (Å²) >= 11 is 0. The summed E-state index contributed by atoms with van der Waals surface area (Å²) in [6, 6.07) is 1.64. The molecule has 1 aliphatic carbocycles. The van der Waals surface area contributed by atoms with Crippen LogP contribution in [0.2, 0.25) is 0 Å². The number of aryl methyl sites for hydroxylation is 1. The number of carbonyl (C=O) groups excluding carboxylic acids is 1. The van der Waals surface area contributed by atoms with Gasteiger partial charge in [-0.25, -0.2) is 4.79 Å². The highest BCUT2D eigenvalue weighted by atomic mass is 16.4. The molecule has 3 N–H and O–H groups in total. The third-order valence-electron chi connectivity index (χ3n) is 3.71. The minimum atomic E-state index is -0.772. The normalized spacial score (nSPS) is 21.6. The lowest BCUT2D eigenvalue weighted by atomic mass is 10.1. The second kappa shape index (κ2) is 6.40. The molecule has 1 aromatic heterocycles. The van der Waals surface area contributed by atoms with Crippen LogP contribution < -0.4 is 10.6 Å². The van der Waals surface area contributed by atoms with E-state index in [0.29, 0.717) is 25.8 Å². The molecule has 7 heteroatoms. The number of carboxylic acid groups (broad SMARTS) is 1. The summed E-state index contributed by atoms with van der Waals surface area (Å²) in [6.45, 7) is 0.528. The van der Waals surface area contributed by atoms with Crippen molar-refractivity contribution in [3.63, 3.8) is 0 Å². The Bertz CT molecular complexity index is 486. The molecule has 1 aromatic rings. The first-order chi connectivity index (χ1) is 9.56. The minimum Gasteiger partial charge on any atom is -0.481 e. The zero-order valence-corrected chi connectivity index (χ0v) is 11.5. The number of nitrogens with one attached hydrogen (secondary N) is 2. The lowest BCUT2D eigenvalue weighted by Crippen LogP contribution is -2.42. The number of nitrogens with zero attached hydrogens (tertiary/aromatic N) is 2. The molecule has 7 nitrogen and oxygen atoms in total. The Morgan fingerprint density at radius 3 is 2.90 bits per heavy atom. The predicted octanol–water partition coefficient (Wildman–Crippen LogP) is 0.515. The van der Waals surface area contributed by atoms with E-state index in [2.05, 4.69) is 15.7 Å². The van der Waals surface area contributed by atoms with Gasteiger partial charge in [-0.05, 0) is 25.3 Å². The first-order valence-corrected chi connectivity index (χ1v) is 6.80. The van der Waals surface area contributed by atoms with Crippen LogP contribution in [-0.4, -0.2) is 39.5 Å². The van der Waals surface area contributed by atoms with Gasteiger partial charge in [0, 0.05) is 37.9 Å². The van der Waals surface area contributed by atoms with Gasteiger partial charge in [0.15, 0.2) is 0 Å². The Labute approximate surface area is 117 Å². The van der Waals surface area contributed by atoms with E-state index in [0.717, 1.165) is 12.1 Å². The number of hydrogen-bond acceptors (Lipinski definition) is 3. The molecule has 0 unspecified atom stereocenters. The maximum Gasteiger partial charge on any atom is 0.315 e. The second-order valence-corrected chi connectivity index (χ2v) is 5.14. The van der Waals surface area contributed by atoms with Gasteiger partial charge in [-0.3, -0.25) is 9.48 Å². The molecule has 2 amide bonds. The molecule has 0 radical (unpaired) electrons. The maximum atomic E-state index is 11.7. The van der Waals surface area contributed by atoms with Crippen LogP contribution in [0.25, 0.3) is 0 Å². The van der Waals surface area contributed by atoms with E-state index in [9.17, 15) is 9.59 Å². The number of aromatic nitrogens is 2. The molecule has 0 bridgehead atoms. The zero-order chi connectivity index (χ0) is 14.5. The van der Waals surface area contributed by atoms with Gasteiger partial charge in [-0.15, -0.1) is 0 Å². The van der Waals surface area contributed by atoms with Gasteiger partial charge in [0.1, 0.15) is 0 Å². The Morgan fingerprint density at radius 2 is 2.30 bits per heavy atom. The van der Waals surface area contributed by atoms with E-state index in [1.165, 1.54) is 0 Å². The van der Waals surface area contributed by atoms with Gasteiger partial charge >= 0.3 is 12.0 Å². The van der Waals surface area contributed by atoms with Crippen LogP contribution >= 0.6 is 0 Å². The maximum absolute atomic E-state index is 11.7. The van der Waals surface area contributed by atoms with Crippen LogP contribution in [0.5, 0.6) is 0 Å². The average molecular weight is 280 g/mol. The fraction of sp³-hybridized carbons (Fsp3) is 0.615.